The van der Waals surface area contributed by atoms with Crippen molar-refractivity contribution in [3.8, 4) is 0 Å². The zero-order chi connectivity index (χ0) is 13.8. The van der Waals surface area contributed by atoms with Crippen LogP contribution in [0.5, 0.6) is 0 Å². The lowest BCUT2D eigenvalue weighted by Crippen LogP contribution is -2.27. The highest BCUT2D eigenvalue weighted by atomic mass is 79.9. The van der Waals surface area contributed by atoms with E-state index in [9.17, 15) is 9.18 Å². The minimum atomic E-state index is -0.527. The lowest BCUT2D eigenvalue weighted by molar-refractivity contribution is 0.0935. The molecule has 1 N–H and O–H groups in total. The Bertz CT molecular complexity index is 586. The standard InChI is InChI=1S/C15H13BrFNO/c1-10(11-5-3-2-4-6-11)18-15(19)13-9-12(16)7-8-14(13)17/h2-10H,1H3,(H,18,19)/t10-/m1/s1. The van der Waals surface area contributed by atoms with Gasteiger partial charge < -0.3 is 5.32 Å². The van der Waals surface area contributed by atoms with Crippen molar-refractivity contribution in [3.05, 3.63) is 69.9 Å². The highest BCUT2D eigenvalue weighted by molar-refractivity contribution is 9.10. The smallest absolute Gasteiger partial charge is 0.254 e. The molecule has 1 amide bonds. The van der Waals surface area contributed by atoms with Crippen molar-refractivity contribution < 1.29 is 9.18 Å². The first-order valence-corrected chi connectivity index (χ1v) is 6.68. The zero-order valence-electron chi connectivity index (χ0n) is 10.4. The van der Waals surface area contributed by atoms with E-state index in [1.54, 1.807) is 6.07 Å². The second-order valence-electron chi connectivity index (χ2n) is 4.23. The molecule has 0 spiro atoms. The van der Waals surface area contributed by atoms with E-state index in [2.05, 4.69) is 21.2 Å². The van der Waals surface area contributed by atoms with E-state index in [-0.39, 0.29) is 11.6 Å². The summed E-state index contributed by atoms with van der Waals surface area (Å²) in [6.07, 6.45) is 0. The normalized spacial score (nSPS) is 11.9. The number of carbonyl (C=O) groups is 1. The van der Waals surface area contributed by atoms with Gasteiger partial charge in [0.05, 0.1) is 11.6 Å². The molecule has 0 saturated heterocycles. The largest absolute Gasteiger partial charge is 0.345 e. The molecule has 0 radical (unpaired) electrons. The number of carbonyl (C=O) groups excluding carboxylic acids is 1. The monoisotopic (exact) mass is 321 g/mol. The third kappa shape index (κ3) is 3.41. The molecular weight excluding hydrogens is 309 g/mol. The molecule has 2 aromatic rings. The first kappa shape index (κ1) is 13.7. The molecule has 1 atom stereocenters. The second kappa shape index (κ2) is 5.97. The lowest BCUT2D eigenvalue weighted by Gasteiger charge is -2.14. The van der Waals surface area contributed by atoms with Crippen LogP contribution in [0.25, 0.3) is 0 Å². The summed E-state index contributed by atoms with van der Waals surface area (Å²) in [5.74, 6) is -0.948. The number of amides is 1. The van der Waals surface area contributed by atoms with Gasteiger partial charge in [-0.25, -0.2) is 4.39 Å². The molecule has 98 valence electrons. The van der Waals surface area contributed by atoms with E-state index < -0.39 is 11.7 Å². The minimum absolute atomic E-state index is 0.0390. The highest BCUT2D eigenvalue weighted by Gasteiger charge is 2.15. The maximum atomic E-state index is 13.6. The quantitative estimate of drug-likeness (QED) is 0.906. The summed E-state index contributed by atoms with van der Waals surface area (Å²) in [7, 11) is 0. The molecule has 0 fully saturated rings. The van der Waals surface area contributed by atoms with Gasteiger partial charge in [-0.15, -0.1) is 0 Å². The molecular formula is C15H13BrFNO. The fraction of sp³-hybridized carbons (Fsp3) is 0.133. The van der Waals surface area contributed by atoms with Gasteiger partial charge in [-0.2, -0.15) is 0 Å². The summed E-state index contributed by atoms with van der Waals surface area (Å²) < 4.78 is 14.3. The van der Waals surface area contributed by atoms with Gasteiger partial charge in [0.25, 0.3) is 5.91 Å². The molecule has 0 aromatic heterocycles. The first-order valence-electron chi connectivity index (χ1n) is 5.89. The average Bonchev–Trinajstić information content (AvgIpc) is 2.42. The Balaban J connectivity index is 2.15. The molecule has 0 aliphatic carbocycles. The van der Waals surface area contributed by atoms with Crippen molar-refractivity contribution in [2.45, 2.75) is 13.0 Å². The van der Waals surface area contributed by atoms with Gasteiger partial charge in [0.2, 0.25) is 0 Å². The van der Waals surface area contributed by atoms with Crippen LogP contribution in [0.4, 0.5) is 4.39 Å². The topological polar surface area (TPSA) is 29.1 Å². The van der Waals surface area contributed by atoms with Crippen molar-refractivity contribution in [1.29, 1.82) is 0 Å². The van der Waals surface area contributed by atoms with Crippen molar-refractivity contribution >= 4 is 21.8 Å². The van der Waals surface area contributed by atoms with E-state index in [4.69, 9.17) is 0 Å². The van der Waals surface area contributed by atoms with Crippen LogP contribution in [0.15, 0.2) is 53.0 Å². The third-order valence-electron chi connectivity index (χ3n) is 2.82. The van der Waals surface area contributed by atoms with Crippen LogP contribution in [-0.2, 0) is 0 Å². The van der Waals surface area contributed by atoms with Crippen molar-refractivity contribution in [3.63, 3.8) is 0 Å². The van der Waals surface area contributed by atoms with E-state index in [1.807, 2.05) is 37.3 Å². The van der Waals surface area contributed by atoms with Crippen LogP contribution in [0, 0.1) is 5.82 Å². The highest BCUT2D eigenvalue weighted by Crippen LogP contribution is 2.17. The van der Waals surface area contributed by atoms with Crippen LogP contribution < -0.4 is 5.32 Å². The van der Waals surface area contributed by atoms with Crippen LogP contribution in [0.1, 0.15) is 28.9 Å². The zero-order valence-corrected chi connectivity index (χ0v) is 11.9. The Labute approximate surface area is 119 Å². The van der Waals surface area contributed by atoms with Crippen molar-refractivity contribution in [2.75, 3.05) is 0 Å². The number of nitrogens with one attached hydrogen (secondary N) is 1. The third-order valence-corrected chi connectivity index (χ3v) is 3.31. The van der Waals surface area contributed by atoms with Crippen LogP contribution in [0.2, 0.25) is 0 Å². The molecule has 19 heavy (non-hydrogen) atoms. The number of hydrogen-bond acceptors (Lipinski definition) is 1. The minimum Gasteiger partial charge on any atom is -0.345 e. The van der Waals surface area contributed by atoms with Crippen LogP contribution in [0.3, 0.4) is 0 Å². The molecule has 0 aliphatic rings. The Hall–Kier alpha value is -1.68. The maximum absolute atomic E-state index is 13.6. The number of rotatable bonds is 3. The molecule has 2 rings (SSSR count). The molecule has 4 heteroatoms. The number of halogens is 2. The van der Waals surface area contributed by atoms with Gasteiger partial charge in [0, 0.05) is 4.47 Å². The van der Waals surface area contributed by atoms with Gasteiger partial charge >= 0.3 is 0 Å². The fourth-order valence-electron chi connectivity index (χ4n) is 1.77. The lowest BCUT2D eigenvalue weighted by atomic mass is 10.1. The van der Waals surface area contributed by atoms with Crippen LogP contribution in [-0.4, -0.2) is 5.91 Å². The van der Waals surface area contributed by atoms with E-state index in [0.29, 0.717) is 4.47 Å². The Morgan fingerprint density at radius 3 is 2.58 bits per heavy atom. The molecule has 0 heterocycles. The van der Waals surface area contributed by atoms with Gasteiger partial charge in [-0.05, 0) is 30.7 Å². The van der Waals surface area contributed by atoms with Gasteiger partial charge in [0.1, 0.15) is 5.82 Å². The summed E-state index contributed by atoms with van der Waals surface area (Å²) in [6.45, 7) is 1.86. The summed E-state index contributed by atoms with van der Waals surface area (Å²) >= 11 is 3.23. The Kier molecular flexibility index (Phi) is 4.32. The van der Waals surface area contributed by atoms with Crippen molar-refractivity contribution in [1.82, 2.24) is 5.32 Å². The maximum Gasteiger partial charge on any atom is 0.254 e. The predicted molar refractivity (Wildman–Crippen MR) is 76.4 cm³/mol. The first-order chi connectivity index (χ1) is 9.08. The van der Waals surface area contributed by atoms with Crippen molar-refractivity contribution in [2.24, 2.45) is 0 Å². The summed E-state index contributed by atoms with van der Waals surface area (Å²) in [6, 6.07) is 13.7. The molecule has 0 unspecified atom stereocenters. The molecule has 0 bridgehead atoms. The summed E-state index contributed by atoms with van der Waals surface area (Å²) in [4.78, 5) is 12.0. The van der Waals surface area contributed by atoms with Gasteiger partial charge in [-0.1, -0.05) is 46.3 Å². The van der Waals surface area contributed by atoms with E-state index in [1.165, 1.54) is 12.1 Å². The second-order valence-corrected chi connectivity index (χ2v) is 5.15. The predicted octanol–water partition coefficient (Wildman–Crippen LogP) is 4.08. The van der Waals surface area contributed by atoms with Gasteiger partial charge in [0.15, 0.2) is 0 Å². The number of benzene rings is 2. The van der Waals surface area contributed by atoms with E-state index in [0.717, 1.165) is 5.56 Å². The molecule has 0 saturated carbocycles. The molecule has 2 aromatic carbocycles. The van der Waals surface area contributed by atoms with E-state index >= 15 is 0 Å². The molecule has 2 nitrogen and oxygen atoms in total. The SMILES string of the molecule is C[C@@H](NC(=O)c1cc(Br)ccc1F)c1ccccc1. The Morgan fingerprint density at radius 2 is 1.89 bits per heavy atom. The summed E-state index contributed by atoms with van der Waals surface area (Å²) in [5, 5.41) is 2.78. The average molecular weight is 322 g/mol. The number of hydrogen-bond donors (Lipinski definition) is 1. The molecule has 0 aliphatic heterocycles. The Morgan fingerprint density at radius 1 is 1.21 bits per heavy atom. The fourth-order valence-corrected chi connectivity index (χ4v) is 2.13. The van der Waals surface area contributed by atoms with Crippen LogP contribution >= 0.6 is 15.9 Å². The van der Waals surface area contributed by atoms with Gasteiger partial charge in [-0.3, -0.25) is 4.79 Å². The summed E-state index contributed by atoms with van der Waals surface area (Å²) in [5.41, 5.74) is 1.02.